The van der Waals surface area contributed by atoms with Crippen molar-refractivity contribution in [2.45, 2.75) is 26.3 Å². The van der Waals surface area contributed by atoms with E-state index in [1.54, 1.807) is 6.07 Å². The molecule has 0 bridgehead atoms. The van der Waals surface area contributed by atoms with E-state index >= 15 is 0 Å². The number of nitrogens with one attached hydrogen (secondary N) is 3. The Morgan fingerprint density at radius 1 is 1.11 bits per heavy atom. The maximum absolute atomic E-state index is 11.8. The normalized spacial score (nSPS) is 10.6. The van der Waals surface area contributed by atoms with Crippen molar-refractivity contribution in [2.24, 2.45) is 0 Å². The van der Waals surface area contributed by atoms with Crippen molar-refractivity contribution in [2.75, 3.05) is 29.9 Å². The molecule has 0 aliphatic heterocycles. The van der Waals surface area contributed by atoms with Crippen LogP contribution in [0, 0.1) is 0 Å². The molecule has 0 aliphatic rings. The van der Waals surface area contributed by atoms with E-state index < -0.39 is 0 Å². The van der Waals surface area contributed by atoms with Crippen LogP contribution in [0.4, 0.5) is 5.82 Å². The smallest absolute Gasteiger partial charge is 0.235 e. The van der Waals surface area contributed by atoms with Gasteiger partial charge in [-0.25, -0.2) is 0 Å². The number of benzene rings is 1. The van der Waals surface area contributed by atoms with E-state index in [1.165, 1.54) is 29.2 Å². The summed E-state index contributed by atoms with van der Waals surface area (Å²) in [6.07, 6.45) is 3.28. The minimum absolute atomic E-state index is 0.0649. The highest BCUT2D eigenvalue weighted by Gasteiger charge is 2.07. The van der Waals surface area contributed by atoms with Crippen molar-refractivity contribution >= 4 is 29.4 Å². The Kier molecular flexibility index (Phi) is 9.43. The SMILES string of the molecule is CCc1cccc(CNCCCNC(=O)CSCC(=O)Nc2ccon2)c1. The van der Waals surface area contributed by atoms with E-state index in [4.69, 9.17) is 0 Å². The Morgan fingerprint density at radius 3 is 2.70 bits per heavy atom. The van der Waals surface area contributed by atoms with Crippen LogP contribution < -0.4 is 16.0 Å². The summed E-state index contributed by atoms with van der Waals surface area (Å²) in [6.45, 7) is 4.44. The van der Waals surface area contributed by atoms with Crippen molar-refractivity contribution < 1.29 is 14.1 Å². The van der Waals surface area contributed by atoms with Crippen molar-refractivity contribution in [3.8, 4) is 0 Å². The Hall–Kier alpha value is -2.32. The number of hydrogen-bond donors (Lipinski definition) is 3. The van der Waals surface area contributed by atoms with Gasteiger partial charge in [0.05, 0.1) is 11.5 Å². The zero-order valence-corrected chi connectivity index (χ0v) is 16.3. The summed E-state index contributed by atoms with van der Waals surface area (Å²) < 4.78 is 4.62. The van der Waals surface area contributed by atoms with Crippen LogP contribution in [0.1, 0.15) is 24.5 Å². The first kappa shape index (κ1) is 21.0. The van der Waals surface area contributed by atoms with E-state index in [-0.39, 0.29) is 23.3 Å². The average molecular weight is 391 g/mol. The Morgan fingerprint density at radius 2 is 1.93 bits per heavy atom. The molecule has 3 N–H and O–H groups in total. The van der Waals surface area contributed by atoms with Gasteiger partial charge >= 0.3 is 0 Å². The van der Waals surface area contributed by atoms with Crippen molar-refractivity contribution in [3.05, 3.63) is 47.7 Å². The van der Waals surface area contributed by atoms with Crippen LogP contribution in [0.5, 0.6) is 0 Å². The highest BCUT2D eigenvalue weighted by Crippen LogP contribution is 2.06. The van der Waals surface area contributed by atoms with Crippen LogP contribution in [0.25, 0.3) is 0 Å². The molecule has 0 radical (unpaired) electrons. The second-order valence-corrected chi connectivity index (χ2v) is 6.97. The van der Waals surface area contributed by atoms with Gasteiger partial charge in [0.1, 0.15) is 6.26 Å². The highest BCUT2D eigenvalue weighted by atomic mass is 32.2. The number of carbonyl (C=O) groups excluding carboxylic acids is 2. The molecule has 2 aromatic rings. The van der Waals surface area contributed by atoms with Crippen LogP contribution in [0.2, 0.25) is 0 Å². The summed E-state index contributed by atoms with van der Waals surface area (Å²) in [6, 6.07) is 10.1. The number of carbonyl (C=O) groups is 2. The molecule has 1 aromatic carbocycles. The number of nitrogens with zero attached hydrogens (tertiary/aromatic N) is 1. The van der Waals surface area contributed by atoms with E-state index in [9.17, 15) is 9.59 Å². The maximum Gasteiger partial charge on any atom is 0.235 e. The van der Waals surface area contributed by atoms with Gasteiger partial charge in [-0.3, -0.25) is 9.59 Å². The first-order valence-corrected chi connectivity index (χ1v) is 10.2. The maximum atomic E-state index is 11.8. The number of thioether (sulfide) groups is 1. The second-order valence-electron chi connectivity index (χ2n) is 5.98. The molecule has 0 saturated heterocycles. The molecule has 2 rings (SSSR count). The van der Waals surface area contributed by atoms with Gasteiger partial charge in [0.15, 0.2) is 5.82 Å². The highest BCUT2D eigenvalue weighted by molar-refractivity contribution is 8.00. The van der Waals surface area contributed by atoms with E-state index in [2.05, 4.69) is 56.8 Å². The lowest BCUT2D eigenvalue weighted by atomic mass is 10.1. The fraction of sp³-hybridized carbons (Fsp3) is 0.421. The second kappa shape index (κ2) is 12.1. The van der Waals surface area contributed by atoms with Gasteiger partial charge in [0, 0.05) is 19.2 Å². The van der Waals surface area contributed by atoms with Gasteiger partial charge in [-0.2, -0.15) is 0 Å². The molecule has 146 valence electrons. The van der Waals surface area contributed by atoms with Crippen LogP contribution in [-0.4, -0.2) is 41.6 Å². The minimum atomic E-state index is -0.210. The van der Waals surface area contributed by atoms with Gasteiger partial charge in [0.25, 0.3) is 0 Å². The monoisotopic (exact) mass is 390 g/mol. The standard InChI is InChI=1S/C19H26N4O3S/c1-2-15-5-3-6-16(11-15)12-20-8-4-9-21-18(24)13-27-14-19(25)22-17-7-10-26-23-17/h3,5-7,10-11,20H,2,4,8-9,12-14H2,1H3,(H,21,24)(H,22,23,25). The quantitative estimate of drug-likeness (QED) is 0.481. The zero-order chi connectivity index (χ0) is 19.3. The molecule has 2 amide bonds. The molecular formula is C19H26N4O3S. The minimum Gasteiger partial charge on any atom is -0.363 e. The van der Waals surface area contributed by atoms with Crippen molar-refractivity contribution in [1.82, 2.24) is 15.8 Å². The van der Waals surface area contributed by atoms with Gasteiger partial charge in [-0.05, 0) is 30.5 Å². The summed E-state index contributed by atoms with van der Waals surface area (Å²) in [5.74, 6) is 0.546. The van der Waals surface area contributed by atoms with Gasteiger partial charge in [-0.15, -0.1) is 11.8 Å². The van der Waals surface area contributed by atoms with Crippen LogP contribution in [-0.2, 0) is 22.6 Å². The zero-order valence-electron chi connectivity index (χ0n) is 15.5. The molecular weight excluding hydrogens is 364 g/mol. The summed E-state index contributed by atoms with van der Waals surface area (Å²) >= 11 is 1.26. The summed E-state index contributed by atoms with van der Waals surface area (Å²) in [4.78, 5) is 23.4. The predicted octanol–water partition coefficient (Wildman–Crippen LogP) is 2.20. The molecule has 0 aliphatic carbocycles. The number of hydrogen-bond acceptors (Lipinski definition) is 6. The topological polar surface area (TPSA) is 96.3 Å². The molecule has 27 heavy (non-hydrogen) atoms. The number of rotatable bonds is 12. The third kappa shape index (κ3) is 8.74. The lowest BCUT2D eigenvalue weighted by molar-refractivity contribution is -0.118. The molecule has 0 fully saturated rings. The lowest BCUT2D eigenvalue weighted by Crippen LogP contribution is -2.29. The third-order valence-electron chi connectivity index (χ3n) is 3.75. The summed E-state index contributed by atoms with van der Waals surface area (Å²) in [5, 5.41) is 12.4. The molecule has 0 unspecified atom stereocenters. The van der Waals surface area contributed by atoms with Crippen molar-refractivity contribution in [1.29, 1.82) is 0 Å². The molecule has 0 saturated carbocycles. The first-order chi connectivity index (χ1) is 13.2. The number of aryl methyl sites for hydroxylation is 1. The van der Waals surface area contributed by atoms with Crippen LogP contribution in [0.3, 0.4) is 0 Å². The average Bonchev–Trinajstić information content (AvgIpc) is 3.17. The Bertz CT molecular complexity index is 707. The fourth-order valence-electron chi connectivity index (χ4n) is 2.38. The molecule has 0 atom stereocenters. The molecule has 1 aromatic heterocycles. The van der Waals surface area contributed by atoms with Crippen molar-refractivity contribution in [3.63, 3.8) is 0 Å². The van der Waals surface area contributed by atoms with E-state index in [1.807, 2.05) is 0 Å². The largest absolute Gasteiger partial charge is 0.363 e. The first-order valence-electron chi connectivity index (χ1n) is 9.00. The summed E-state index contributed by atoms with van der Waals surface area (Å²) in [5.41, 5.74) is 2.62. The number of amides is 2. The van der Waals surface area contributed by atoms with E-state index in [0.29, 0.717) is 12.4 Å². The third-order valence-corrected chi connectivity index (χ3v) is 4.69. The Labute approximate surface area is 163 Å². The van der Waals surface area contributed by atoms with Crippen LogP contribution >= 0.6 is 11.8 Å². The van der Waals surface area contributed by atoms with Gasteiger partial charge in [0.2, 0.25) is 11.8 Å². The van der Waals surface area contributed by atoms with E-state index in [0.717, 1.165) is 25.9 Å². The number of anilines is 1. The molecule has 1 heterocycles. The predicted molar refractivity (Wildman–Crippen MR) is 108 cm³/mol. The van der Waals surface area contributed by atoms with Gasteiger partial charge in [-0.1, -0.05) is 36.3 Å². The van der Waals surface area contributed by atoms with Gasteiger partial charge < -0.3 is 20.5 Å². The summed E-state index contributed by atoms with van der Waals surface area (Å²) in [7, 11) is 0. The molecule has 8 heteroatoms. The number of aromatic nitrogens is 1. The Balaban J connectivity index is 1.46. The fourth-order valence-corrected chi connectivity index (χ4v) is 3.02. The van der Waals surface area contributed by atoms with Crippen LogP contribution in [0.15, 0.2) is 41.1 Å². The lowest BCUT2D eigenvalue weighted by Gasteiger charge is -2.08. The molecule has 7 nitrogen and oxygen atoms in total. The molecule has 0 spiro atoms.